The zero-order valence-corrected chi connectivity index (χ0v) is 13.7. The highest BCUT2D eigenvalue weighted by atomic mass is 16.5. The summed E-state index contributed by atoms with van der Waals surface area (Å²) in [6.07, 6.45) is 0. The lowest BCUT2D eigenvalue weighted by Crippen LogP contribution is -2.23. The predicted octanol–water partition coefficient (Wildman–Crippen LogP) is 3.30. The third-order valence-electron chi connectivity index (χ3n) is 3.67. The summed E-state index contributed by atoms with van der Waals surface area (Å²) in [6, 6.07) is 19.3. The van der Waals surface area contributed by atoms with Gasteiger partial charge in [-0.1, -0.05) is 18.2 Å². The van der Waals surface area contributed by atoms with Gasteiger partial charge < -0.3 is 10.1 Å². The van der Waals surface area contributed by atoms with Crippen LogP contribution in [0.1, 0.15) is 17.4 Å². The number of hydrogen-bond acceptors (Lipinski definition) is 3. The van der Waals surface area contributed by atoms with Gasteiger partial charge in [-0.05, 0) is 49.4 Å². The van der Waals surface area contributed by atoms with Crippen LogP contribution in [0, 0.1) is 0 Å². The van der Waals surface area contributed by atoms with E-state index in [0.29, 0.717) is 12.2 Å². The number of amides is 1. The van der Waals surface area contributed by atoms with Crippen molar-refractivity contribution < 1.29 is 9.53 Å². The smallest absolute Gasteiger partial charge is 0.271 e. The quantitative estimate of drug-likeness (QED) is 0.784. The van der Waals surface area contributed by atoms with Crippen LogP contribution < -0.4 is 10.1 Å². The average Bonchev–Trinajstić information content (AvgIpc) is 3.08. The van der Waals surface area contributed by atoms with Crippen molar-refractivity contribution in [3.63, 3.8) is 0 Å². The molecule has 0 bridgehead atoms. The average molecular weight is 321 g/mol. The molecule has 0 aliphatic heterocycles. The Balaban J connectivity index is 2.09. The van der Waals surface area contributed by atoms with E-state index in [-0.39, 0.29) is 5.91 Å². The van der Waals surface area contributed by atoms with Gasteiger partial charge in [0.25, 0.3) is 5.91 Å². The summed E-state index contributed by atoms with van der Waals surface area (Å²) >= 11 is 0. The summed E-state index contributed by atoms with van der Waals surface area (Å²) in [4.78, 5) is 12.2. The molecule has 24 heavy (non-hydrogen) atoms. The van der Waals surface area contributed by atoms with Gasteiger partial charge in [0.15, 0.2) is 5.69 Å². The minimum atomic E-state index is -0.179. The fourth-order valence-electron chi connectivity index (χ4n) is 2.48. The Morgan fingerprint density at radius 2 is 1.83 bits per heavy atom. The Labute approximate surface area is 140 Å². The van der Waals surface area contributed by atoms with E-state index in [4.69, 9.17) is 4.74 Å². The van der Waals surface area contributed by atoms with Crippen LogP contribution in [0.15, 0.2) is 60.7 Å². The molecular weight excluding hydrogens is 302 g/mol. The molecule has 0 aliphatic rings. The van der Waals surface area contributed by atoms with Gasteiger partial charge in [0.2, 0.25) is 0 Å². The SMILES string of the molecule is CCNC(=O)c1cc(-c2ccc(OC)cc2)n(-c2ccccc2)n1. The van der Waals surface area contributed by atoms with Crippen molar-refractivity contribution in [3.8, 4) is 22.7 Å². The summed E-state index contributed by atoms with van der Waals surface area (Å²) in [5.41, 5.74) is 3.11. The predicted molar refractivity (Wildman–Crippen MR) is 93.6 cm³/mol. The lowest BCUT2D eigenvalue weighted by atomic mass is 10.1. The molecule has 0 spiro atoms. The molecule has 122 valence electrons. The lowest BCUT2D eigenvalue weighted by Gasteiger charge is -2.08. The Hall–Kier alpha value is -3.08. The first-order valence-electron chi connectivity index (χ1n) is 7.81. The van der Waals surface area contributed by atoms with E-state index in [1.165, 1.54) is 0 Å². The summed E-state index contributed by atoms with van der Waals surface area (Å²) in [5.74, 6) is 0.607. The van der Waals surface area contributed by atoms with Crippen LogP contribution in [0.4, 0.5) is 0 Å². The molecule has 1 aromatic heterocycles. The highest BCUT2D eigenvalue weighted by Gasteiger charge is 2.16. The maximum atomic E-state index is 12.2. The van der Waals surface area contributed by atoms with Gasteiger partial charge in [-0.25, -0.2) is 4.68 Å². The van der Waals surface area contributed by atoms with Crippen LogP contribution >= 0.6 is 0 Å². The van der Waals surface area contributed by atoms with Crippen molar-refractivity contribution in [2.24, 2.45) is 0 Å². The maximum absolute atomic E-state index is 12.2. The first-order chi connectivity index (χ1) is 11.7. The van der Waals surface area contributed by atoms with Crippen LogP contribution in [0.5, 0.6) is 5.75 Å². The molecule has 0 saturated heterocycles. The maximum Gasteiger partial charge on any atom is 0.271 e. The minimum Gasteiger partial charge on any atom is -0.497 e. The number of ether oxygens (including phenoxy) is 1. The van der Waals surface area contributed by atoms with Gasteiger partial charge in [-0.3, -0.25) is 4.79 Å². The summed E-state index contributed by atoms with van der Waals surface area (Å²) in [7, 11) is 1.64. The first kappa shape index (κ1) is 15.8. The van der Waals surface area contributed by atoms with E-state index in [0.717, 1.165) is 22.7 Å². The zero-order valence-electron chi connectivity index (χ0n) is 13.7. The molecule has 1 heterocycles. The van der Waals surface area contributed by atoms with Crippen molar-refractivity contribution in [1.29, 1.82) is 0 Å². The van der Waals surface area contributed by atoms with E-state index in [1.807, 2.05) is 61.5 Å². The van der Waals surface area contributed by atoms with Crippen LogP contribution in [-0.4, -0.2) is 29.3 Å². The molecule has 0 fully saturated rings. The summed E-state index contributed by atoms with van der Waals surface area (Å²) < 4.78 is 6.99. The topological polar surface area (TPSA) is 56.1 Å². The number of carbonyl (C=O) groups excluding carboxylic acids is 1. The standard InChI is InChI=1S/C19H19N3O2/c1-3-20-19(23)17-13-18(14-9-11-16(24-2)12-10-14)22(21-17)15-7-5-4-6-8-15/h4-13H,3H2,1-2H3,(H,20,23). The number of aromatic nitrogens is 2. The molecule has 1 N–H and O–H groups in total. The Morgan fingerprint density at radius 1 is 1.12 bits per heavy atom. The van der Waals surface area contributed by atoms with Crippen LogP contribution in [-0.2, 0) is 0 Å². The molecule has 5 heteroatoms. The molecule has 3 aromatic rings. The molecule has 0 unspecified atom stereocenters. The molecule has 5 nitrogen and oxygen atoms in total. The minimum absolute atomic E-state index is 0.179. The number of nitrogens with zero attached hydrogens (tertiary/aromatic N) is 2. The Morgan fingerprint density at radius 3 is 2.46 bits per heavy atom. The molecular formula is C19H19N3O2. The lowest BCUT2D eigenvalue weighted by molar-refractivity contribution is 0.0950. The van der Waals surface area contributed by atoms with Gasteiger partial charge in [0, 0.05) is 12.1 Å². The van der Waals surface area contributed by atoms with Crippen molar-refractivity contribution in [1.82, 2.24) is 15.1 Å². The first-order valence-corrected chi connectivity index (χ1v) is 7.81. The summed E-state index contributed by atoms with van der Waals surface area (Å²) in [5, 5.41) is 7.28. The summed E-state index contributed by atoms with van der Waals surface area (Å²) in [6.45, 7) is 2.45. The van der Waals surface area contributed by atoms with Gasteiger partial charge in [0.05, 0.1) is 18.5 Å². The number of para-hydroxylation sites is 1. The van der Waals surface area contributed by atoms with Crippen molar-refractivity contribution in [2.75, 3.05) is 13.7 Å². The highest BCUT2D eigenvalue weighted by molar-refractivity contribution is 5.93. The van der Waals surface area contributed by atoms with Crippen molar-refractivity contribution in [3.05, 3.63) is 66.4 Å². The molecule has 0 radical (unpaired) electrons. The van der Waals surface area contributed by atoms with E-state index >= 15 is 0 Å². The van der Waals surface area contributed by atoms with Crippen LogP contribution in [0.25, 0.3) is 16.9 Å². The normalized spacial score (nSPS) is 10.4. The molecule has 0 atom stereocenters. The molecule has 0 saturated carbocycles. The van der Waals surface area contributed by atoms with Crippen LogP contribution in [0.2, 0.25) is 0 Å². The van der Waals surface area contributed by atoms with Crippen molar-refractivity contribution in [2.45, 2.75) is 6.92 Å². The van der Waals surface area contributed by atoms with E-state index in [2.05, 4.69) is 10.4 Å². The molecule has 1 amide bonds. The van der Waals surface area contributed by atoms with E-state index in [9.17, 15) is 4.79 Å². The third kappa shape index (κ3) is 3.15. The van der Waals surface area contributed by atoms with E-state index in [1.54, 1.807) is 17.9 Å². The number of nitrogens with one attached hydrogen (secondary N) is 1. The third-order valence-corrected chi connectivity index (χ3v) is 3.67. The Bertz CT molecular complexity index is 824. The van der Waals surface area contributed by atoms with Gasteiger partial charge in [0.1, 0.15) is 5.75 Å². The zero-order chi connectivity index (χ0) is 16.9. The Kier molecular flexibility index (Phi) is 4.61. The van der Waals surface area contributed by atoms with Gasteiger partial charge >= 0.3 is 0 Å². The monoisotopic (exact) mass is 321 g/mol. The fraction of sp³-hybridized carbons (Fsp3) is 0.158. The number of methoxy groups -OCH3 is 1. The number of hydrogen-bond donors (Lipinski definition) is 1. The second-order valence-electron chi connectivity index (χ2n) is 5.25. The number of carbonyl (C=O) groups is 1. The molecule has 3 rings (SSSR count). The van der Waals surface area contributed by atoms with E-state index < -0.39 is 0 Å². The highest BCUT2D eigenvalue weighted by Crippen LogP contribution is 2.26. The molecule has 2 aromatic carbocycles. The van der Waals surface area contributed by atoms with Crippen LogP contribution in [0.3, 0.4) is 0 Å². The van der Waals surface area contributed by atoms with Gasteiger partial charge in [-0.15, -0.1) is 0 Å². The number of rotatable bonds is 5. The molecule has 0 aliphatic carbocycles. The number of benzene rings is 2. The second kappa shape index (κ2) is 7.00. The second-order valence-corrected chi connectivity index (χ2v) is 5.25. The van der Waals surface area contributed by atoms with Gasteiger partial charge in [-0.2, -0.15) is 5.10 Å². The van der Waals surface area contributed by atoms with Crippen molar-refractivity contribution >= 4 is 5.91 Å². The largest absolute Gasteiger partial charge is 0.497 e. The fourth-order valence-corrected chi connectivity index (χ4v) is 2.48.